The van der Waals surface area contributed by atoms with Crippen LogP contribution in [0.1, 0.15) is 41.2 Å². The van der Waals surface area contributed by atoms with E-state index >= 15 is 0 Å². The standard InChI is InChI=1S/C20H20N6O/c1-11-2-7-17(27-11)19-25-20(22)24-18-14(10-23-26(18)19)8-12-3-6-16(21)15(9-12)13-4-5-13/h2-3,6-7,9-10,13H,4-5,8,21H2,1H3,(H2,22,24). The zero-order valence-corrected chi connectivity index (χ0v) is 15.0. The molecule has 136 valence electrons. The lowest BCUT2D eigenvalue weighted by molar-refractivity contribution is 0.541. The number of aromatic nitrogens is 4. The molecule has 0 amide bonds. The Morgan fingerprint density at radius 2 is 2.00 bits per heavy atom. The predicted molar refractivity (Wildman–Crippen MR) is 103 cm³/mol. The molecular formula is C20H20N6O. The number of nitrogens with two attached hydrogens (primary N) is 2. The maximum Gasteiger partial charge on any atom is 0.224 e. The topological polar surface area (TPSA) is 108 Å². The summed E-state index contributed by atoms with van der Waals surface area (Å²) < 4.78 is 7.39. The Labute approximate surface area is 156 Å². The number of furan rings is 1. The Morgan fingerprint density at radius 1 is 1.15 bits per heavy atom. The third kappa shape index (κ3) is 2.81. The number of anilines is 2. The summed E-state index contributed by atoms with van der Waals surface area (Å²) >= 11 is 0. The first-order valence-corrected chi connectivity index (χ1v) is 9.04. The lowest BCUT2D eigenvalue weighted by atomic mass is 10.0. The molecule has 1 saturated carbocycles. The molecule has 1 aromatic carbocycles. The van der Waals surface area contributed by atoms with Crippen molar-refractivity contribution < 1.29 is 4.42 Å². The third-order valence-corrected chi connectivity index (χ3v) is 4.98. The third-order valence-electron chi connectivity index (χ3n) is 4.98. The van der Waals surface area contributed by atoms with Crippen LogP contribution in [0.2, 0.25) is 0 Å². The highest BCUT2D eigenvalue weighted by Crippen LogP contribution is 2.43. The zero-order chi connectivity index (χ0) is 18.5. The summed E-state index contributed by atoms with van der Waals surface area (Å²) in [7, 11) is 0. The van der Waals surface area contributed by atoms with Gasteiger partial charge in [-0.3, -0.25) is 0 Å². The fourth-order valence-electron chi connectivity index (χ4n) is 3.48. The summed E-state index contributed by atoms with van der Waals surface area (Å²) in [5.41, 5.74) is 17.1. The van der Waals surface area contributed by atoms with Gasteiger partial charge in [0, 0.05) is 17.7 Å². The van der Waals surface area contributed by atoms with Crippen molar-refractivity contribution in [1.82, 2.24) is 19.6 Å². The molecule has 5 rings (SSSR count). The molecule has 0 radical (unpaired) electrons. The minimum Gasteiger partial charge on any atom is -0.458 e. The molecule has 4 N–H and O–H groups in total. The monoisotopic (exact) mass is 360 g/mol. The van der Waals surface area contributed by atoms with Gasteiger partial charge in [-0.25, -0.2) is 0 Å². The van der Waals surface area contributed by atoms with Gasteiger partial charge in [-0.15, -0.1) is 0 Å². The average Bonchev–Trinajstić information content (AvgIpc) is 3.29. The molecule has 7 nitrogen and oxygen atoms in total. The van der Waals surface area contributed by atoms with Gasteiger partial charge in [0.15, 0.2) is 11.4 Å². The number of hydrogen-bond donors (Lipinski definition) is 2. The quantitative estimate of drug-likeness (QED) is 0.540. The molecule has 0 saturated heterocycles. The molecule has 1 fully saturated rings. The molecule has 7 heteroatoms. The van der Waals surface area contributed by atoms with Gasteiger partial charge < -0.3 is 15.9 Å². The lowest BCUT2D eigenvalue weighted by Crippen LogP contribution is -2.05. The fraction of sp³-hybridized carbons (Fsp3) is 0.250. The smallest absolute Gasteiger partial charge is 0.224 e. The Morgan fingerprint density at radius 3 is 2.74 bits per heavy atom. The van der Waals surface area contributed by atoms with Crippen LogP contribution in [0.3, 0.4) is 0 Å². The van der Waals surface area contributed by atoms with E-state index in [9.17, 15) is 0 Å². The van der Waals surface area contributed by atoms with E-state index < -0.39 is 0 Å². The maximum atomic E-state index is 6.14. The largest absolute Gasteiger partial charge is 0.458 e. The molecule has 1 aliphatic carbocycles. The SMILES string of the molecule is Cc1ccc(-c2nc(N)nc3c(Cc4ccc(N)c(C5CC5)c4)cnn23)o1. The van der Waals surface area contributed by atoms with Crippen molar-refractivity contribution >= 4 is 17.3 Å². The zero-order valence-electron chi connectivity index (χ0n) is 15.0. The Hall–Kier alpha value is -3.35. The Bertz CT molecular complexity index is 1150. The van der Waals surface area contributed by atoms with Gasteiger partial charge in [-0.1, -0.05) is 12.1 Å². The first-order chi connectivity index (χ1) is 13.1. The molecule has 3 aromatic heterocycles. The summed E-state index contributed by atoms with van der Waals surface area (Å²) in [6.45, 7) is 1.89. The van der Waals surface area contributed by atoms with Crippen molar-refractivity contribution in [1.29, 1.82) is 0 Å². The Kier molecular flexibility index (Phi) is 3.43. The van der Waals surface area contributed by atoms with Crippen LogP contribution in [0.15, 0.2) is 40.9 Å². The van der Waals surface area contributed by atoms with Crippen molar-refractivity contribution in [3.63, 3.8) is 0 Å². The minimum atomic E-state index is 0.198. The van der Waals surface area contributed by atoms with Gasteiger partial charge in [-0.2, -0.15) is 19.6 Å². The van der Waals surface area contributed by atoms with Crippen molar-refractivity contribution in [2.45, 2.75) is 32.1 Å². The molecule has 4 aromatic rings. The van der Waals surface area contributed by atoms with Gasteiger partial charge >= 0.3 is 0 Å². The van der Waals surface area contributed by atoms with Crippen molar-refractivity contribution in [2.75, 3.05) is 11.5 Å². The van der Waals surface area contributed by atoms with Crippen molar-refractivity contribution in [3.8, 4) is 11.6 Å². The Balaban J connectivity index is 1.57. The fourth-order valence-corrected chi connectivity index (χ4v) is 3.48. The molecule has 1 aliphatic rings. The lowest BCUT2D eigenvalue weighted by Gasteiger charge is -2.08. The van der Waals surface area contributed by atoms with Crippen molar-refractivity contribution in [2.24, 2.45) is 0 Å². The van der Waals surface area contributed by atoms with Crippen LogP contribution < -0.4 is 11.5 Å². The van der Waals surface area contributed by atoms with E-state index in [1.807, 2.05) is 31.3 Å². The van der Waals surface area contributed by atoms with Crippen LogP contribution in [0.4, 0.5) is 11.6 Å². The predicted octanol–water partition coefficient (Wildman–Crippen LogP) is 3.33. The van der Waals surface area contributed by atoms with E-state index in [0.717, 1.165) is 17.0 Å². The number of aryl methyl sites for hydroxylation is 1. The van der Waals surface area contributed by atoms with Gasteiger partial charge in [-0.05, 0) is 55.0 Å². The number of benzene rings is 1. The first kappa shape index (κ1) is 15.9. The van der Waals surface area contributed by atoms with Gasteiger partial charge in [0.05, 0.1) is 6.20 Å². The van der Waals surface area contributed by atoms with E-state index in [2.05, 4.69) is 27.2 Å². The molecular weight excluding hydrogens is 340 g/mol. The van der Waals surface area contributed by atoms with Crippen LogP contribution in [0, 0.1) is 6.92 Å². The van der Waals surface area contributed by atoms with E-state index in [0.29, 0.717) is 29.6 Å². The van der Waals surface area contributed by atoms with Gasteiger partial charge in [0.25, 0.3) is 0 Å². The summed E-state index contributed by atoms with van der Waals surface area (Å²) in [6, 6.07) is 10.0. The van der Waals surface area contributed by atoms with E-state index in [-0.39, 0.29) is 5.95 Å². The molecule has 0 unspecified atom stereocenters. The average molecular weight is 360 g/mol. The summed E-state index contributed by atoms with van der Waals surface area (Å²) in [5.74, 6) is 2.78. The van der Waals surface area contributed by atoms with Crippen LogP contribution >= 0.6 is 0 Å². The second-order valence-corrected chi connectivity index (χ2v) is 7.14. The van der Waals surface area contributed by atoms with Crippen LogP contribution in [-0.2, 0) is 6.42 Å². The van der Waals surface area contributed by atoms with Gasteiger partial charge in [0.1, 0.15) is 5.76 Å². The highest BCUT2D eigenvalue weighted by molar-refractivity contribution is 5.60. The maximum absolute atomic E-state index is 6.14. The molecule has 27 heavy (non-hydrogen) atoms. The number of fused-ring (bicyclic) bond motifs is 1. The number of rotatable bonds is 4. The van der Waals surface area contributed by atoms with E-state index in [4.69, 9.17) is 15.9 Å². The van der Waals surface area contributed by atoms with Gasteiger partial charge in [0.2, 0.25) is 11.8 Å². The highest BCUT2D eigenvalue weighted by atomic mass is 16.3. The molecule has 3 heterocycles. The molecule has 0 aliphatic heterocycles. The molecule has 0 atom stereocenters. The van der Waals surface area contributed by atoms with Crippen LogP contribution in [0.5, 0.6) is 0 Å². The number of hydrogen-bond acceptors (Lipinski definition) is 6. The second kappa shape index (κ2) is 5.84. The molecule has 0 bridgehead atoms. The van der Waals surface area contributed by atoms with E-state index in [1.165, 1.54) is 24.0 Å². The number of nitrogens with zero attached hydrogens (tertiary/aromatic N) is 4. The van der Waals surface area contributed by atoms with Crippen LogP contribution in [0.25, 0.3) is 17.2 Å². The first-order valence-electron chi connectivity index (χ1n) is 9.04. The number of nitrogen functional groups attached to an aromatic ring is 2. The second-order valence-electron chi connectivity index (χ2n) is 7.14. The summed E-state index contributed by atoms with van der Waals surface area (Å²) in [4.78, 5) is 8.73. The minimum absolute atomic E-state index is 0.198. The summed E-state index contributed by atoms with van der Waals surface area (Å²) in [5, 5.41) is 4.48. The normalized spacial score (nSPS) is 14.1. The van der Waals surface area contributed by atoms with E-state index in [1.54, 1.807) is 4.52 Å². The van der Waals surface area contributed by atoms with Crippen molar-refractivity contribution in [3.05, 3.63) is 59.0 Å². The molecule has 0 spiro atoms. The summed E-state index contributed by atoms with van der Waals surface area (Å²) in [6.07, 6.45) is 4.96. The highest BCUT2D eigenvalue weighted by Gasteiger charge is 2.25. The van der Waals surface area contributed by atoms with Crippen LogP contribution in [-0.4, -0.2) is 19.6 Å².